The summed E-state index contributed by atoms with van der Waals surface area (Å²) < 4.78 is 7.49. The highest BCUT2D eigenvalue weighted by molar-refractivity contribution is 5.70. The smallest absolute Gasteiger partial charge is 0.306 e. The largest absolute Gasteiger partial charge is 0.460 e. The molecule has 5 heteroatoms. The van der Waals surface area contributed by atoms with Crippen LogP contribution in [0.4, 0.5) is 0 Å². The maximum absolute atomic E-state index is 11.7. The Bertz CT molecular complexity index is 432. The monoisotopic (exact) mass is 251 g/mol. The van der Waals surface area contributed by atoms with Crippen LogP contribution in [-0.2, 0) is 29.0 Å². The van der Waals surface area contributed by atoms with Crippen molar-refractivity contribution in [1.29, 1.82) is 0 Å². The maximum Gasteiger partial charge on any atom is 0.306 e. The second kappa shape index (κ2) is 5.10. The molecule has 0 saturated carbocycles. The van der Waals surface area contributed by atoms with E-state index in [2.05, 4.69) is 14.9 Å². The van der Waals surface area contributed by atoms with Crippen molar-refractivity contribution in [1.82, 2.24) is 14.9 Å². The molecule has 100 valence electrons. The number of nitrogens with one attached hydrogen (secondary N) is 1. The number of carbonyl (C=O) groups excluding carboxylic acids is 1. The zero-order valence-electron chi connectivity index (χ0n) is 11.3. The van der Waals surface area contributed by atoms with Gasteiger partial charge < -0.3 is 14.6 Å². The summed E-state index contributed by atoms with van der Waals surface area (Å²) in [6.45, 7) is 8.36. The predicted octanol–water partition coefficient (Wildman–Crippen LogP) is 1.26. The van der Waals surface area contributed by atoms with Gasteiger partial charge in [0.15, 0.2) is 0 Å². The van der Waals surface area contributed by atoms with Crippen LogP contribution in [0.5, 0.6) is 0 Å². The van der Waals surface area contributed by atoms with E-state index >= 15 is 0 Å². The molecule has 1 aromatic rings. The Hall–Kier alpha value is -1.36. The molecule has 1 aliphatic rings. The van der Waals surface area contributed by atoms with Gasteiger partial charge in [0, 0.05) is 25.0 Å². The predicted molar refractivity (Wildman–Crippen MR) is 68.1 cm³/mol. The van der Waals surface area contributed by atoms with E-state index in [0.29, 0.717) is 12.8 Å². The molecule has 18 heavy (non-hydrogen) atoms. The molecule has 0 radical (unpaired) electrons. The van der Waals surface area contributed by atoms with Gasteiger partial charge in [0.1, 0.15) is 11.4 Å². The average molecular weight is 251 g/mol. The molecular weight excluding hydrogens is 230 g/mol. The minimum Gasteiger partial charge on any atom is -0.460 e. The van der Waals surface area contributed by atoms with Gasteiger partial charge in [0.05, 0.1) is 13.0 Å². The second-order valence-corrected chi connectivity index (χ2v) is 5.58. The van der Waals surface area contributed by atoms with Crippen LogP contribution < -0.4 is 5.32 Å². The Kier molecular flexibility index (Phi) is 3.71. The minimum absolute atomic E-state index is 0.146. The van der Waals surface area contributed by atoms with Crippen molar-refractivity contribution in [2.75, 3.05) is 6.54 Å². The molecule has 0 saturated heterocycles. The first-order chi connectivity index (χ1) is 8.46. The van der Waals surface area contributed by atoms with E-state index in [-0.39, 0.29) is 5.97 Å². The van der Waals surface area contributed by atoms with Gasteiger partial charge in [-0.15, -0.1) is 0 Å². The van der Waals surface area contributed by atoms with Crippen molar-refractivity contribution >= 4 is 5.97 Å². The molecule has 0 fully saturated rings. The Morgan fingerprint density at radius 3 is 3.06 bits per heavy atom. The minimum atomic E-state index is -0.405. The Morgan fingerprint density at radius 2 is 2.33 bits per heavy atom. The highest BCUT2D eigenvalue weighted by Gasteiger charge is 2.18. The number of hydrogen-bond donors (Lipinski definition) is 1. The second-order valence-electron chi connectivity index (χ2n) is 5.58. The first-order valence-corrected chi connectivity index (χ1v) is 6.41. The average Bonchev–Trinajstić information content (AvgIpc) is 2.67. The Morgan fingerprint density at radius 1 is 1.56 bits per heavy atom. The molecule has 1 N–H and O–H groups in total. The van der Waals surface area contributed by atoms with Gasteiger partial charge in [-0.2, -0.15) is 0 Å². The van der Waals surface area contributed by atoms with E-state index in [4.69, 9.17) is 4.74 Å². The number of hydrogen-bond acceptors (Lipinski definition) is 4. The molecule has 0 spiro atoms. The highest BCUT2D eigenvalue weighted by Crippen LogP contribution is 2.13. The fraction of sp³-hybridized carbons (Fsp3) is 0.692. The lowest BCUT2D eigenvalue weighted by atomic mass is 10.2. The summed E-state index contributed by atoms with van der Waals surface area (Å²) in [7, 11) is 0. The van der Waals surface area contributed by atoms with Gasteiger partial charge in [0.2, 0.25) is 0 Å². The van der Waals surface area contributed by atoms with E-state index < -0.39 is 5.60 Å². The number of aromatic nitrogens is 2. The Balaban J connectivity index is 1.91. The third-order valence-electron chi connectivity index (χ3n) is 2.82. The van der Waals surface area contributed by atoms with Crippen LogP contribution in [0.3, 0.4) is 0 Å². The van der Waals surface area contributed by atoms with E-state index in [1.165, 1.54) is 0 Å². The molecular formula is C13H21N3O2. The molecule has 5 nitrogen and oxygen atoms in total. The first kappa shape index (κ1) is 13.1. The summed E-state index contributed by atoms with van der Waals surface area (Å²) in [6.07, 6.45) is 2.98. The highest BCUT2D eigenvalue weighted by atomic mass is 16.6. The van der Waals surface area contributed by atoms with Crippen molar-refractivity contribution in [2.45, 2.75) is 52.3 Å². The zero-order valence-corrected chi connectivity index (χ0v) is 11.3. The number of carbonyl (C=O) groups is 1. The lowest BCUT2D eigenvalue weighted by molar-refractivity contribution is -0.154. The van der Waals surface area contributed by atoms with Gasteiger partial charge in [-0.25, -0.2) is 4.98 Å². The van der Waals surface area contributed by atoms with Gasteiger partial charge >= 0.3 is 5.97 Å². The van der Waals surface area contributed by atoms with Crippen molar-refractivity contribution in [3.05, 3.63) is 17.7 Å². The molecule has 0 unspecified atom stereocenters. The van der Waals surface area contributed by atoms with E-state index in [0.717, 1.165) is 31.2 Å². The molecule has 2 heterocycles. The number of nitrogens with zero attached hydrogens (tertiary/aromatic N) is 2. The van der Waals surface area contributed by atoms with Crippen LogP contribution in [0.2, 0.25) is 0 Å². The van der Waals surface area contributed by atoms with Crippen LogP contribution in [0.1, 0.15) is 38.7 Å². The third-order valence-corrected chi connectivity index (χ3v) is 2.82. The number of aryl methyl sites for hydroxylation is 1. The summed E-state index contributed by atoms with van der Waals surface area (Å²) in [5, 5.41) is 3.28. The fourth-order valence-electron chi connectivity index (χ4n) is 2.08. The van der Waals surface area contributed by atoms with Gasteiger partial charge in [-0.3, -0.25) is 4.79 Å². The molecule has 0 aliphatic carbocycles. The maximum atomic E-state index is 11.7. The summed E-state index contributed by atoms with van der Waals surface area (Å²) in [4.78, 5) is 16.0. The number of fused-ring (bicyclic) bond motifs is 1. The fourth-order valence-corrected chi connectivity index (χ4v) is 2.08. The van der Waals surface area contributed by atoms with Crippen LogP contribution in [-0.4, -0.2) is 27.7 Å². The lowest BCUT2D eigenvalue weighted by Crippen LogP contribution is -2.29. The number of imidazole rings is 1. The summed E-state index contributed by atoms with van der Waals surface area (Å²) in [5.41, 5.74) is 0.718. The number of ether oxygens (including phenoxy) is 1. The normalized spacial score (nSPS) is 15.3. The summed E-state index contributed by atoms with van der Waals surface area (Å²) in [6, 6.07) is 0. The quantitative estimate of drug-likeness (QED) is 0.822. The molecule has 1 aliphatic heterocycles. The van der Waals surface area contributed by atoms with E-state index in [9.17, 15) is 4.79 Å². The van der Waals surface area contributed by atoms with Crippen molar-refractivity contribution < 1.29 is 9.53 Å². The van der Waals surface area contributed by atoms with Crippen LogP contribution in [0.25, 0.3) is 0 Å². The van der Waals surface area contributed by atoms with Crippen molar-refractivity contribution in [3.63, 3.8) is 0 Å². The van der Waals surface area contributed by atoms with E-state index in [1.54, 1.807) is 0 Å². The zero-order chi connectivity index (χ0) is 13.2. The topological polar surface area (TPSA) is 56.1 Å². The van der Waals surface area contributed by atoms with Crippen LogP contribution in [0.15, 0.2) is 6.20 Å². The van der Waals surface area contributed by atoms with Crippen molar-refractivity contribution in [3.8, 4) is 0 Å². The van der Waals surface area contributed by atoms with Crippen LogP contribution >= 0.6 is 0 Å². The summed E-state index contributed by atoms with van der Waals surface area (Å²) >= 11 is 0. The van der Waals surface area contributed by atoms with Crippen molar-refractivity contribution in [2.24, 2.45) is 0 Å². The SMILES string of the molecule is CC(C)(C)OC(=O)CCc1cnc2n1CCNC2. The van der Waals surface area contributed by atoms with Gasteiger partial charge in [0.25, 0.3) is 0 Å². The molecule has 2 rings (SSSR count). The molecule has 0 atom stereocenters. The van der Waals surface area contributed by atoms with E-state index in [1.807, 2.05) is 27.0 Å². The lowest BCUT2D eigenvalue weighted by Gasteiger charge is -2.20. The number of rotatable bonds is 3. The molecule has 0 amide bonds. The third kappa shape index (κ3) is 3.32. The Labute approximate surface area is 108 Å². The summed E-state index contributed by atoms with van der Waals surface area (Å²) in [5.74, 6) is 0.910. The van der Waals surface area contributed by atoms with Gasteiger partial charge in [-0.05, 0) is 27.2 Å². The van der Waals surface area contributed by atoms with Crippen LogP contribution in [0, 0.1) is 0 Å². The molecule has 0 bridgehead atoms. The first-order valence-electron chi connectivity index (χ1n) is 6.41. The molecule has 1 aromatic heterocycles. The standard InChI is InChI=1S/C13H21N3O2/c1-13(2,3)18-12(17)5-4-10-8-15-11-9-14-6-7-16(10)11/h8,14H,4-7,9H2,1-3H3. The number of esters is 1. The molecule has 0 aromatic carbocycles. The van der Waals surface area contributed by atoms with Gasteiger partial charge in [-0.1, -0.05) is 0 Å².